The maximum absolute atomic E-state index is 6.31. The molecule has 1 atom stereocenters. The first-order valence-corrected chi connectivity index (χ1v) is 9.02. The van der Waals surface area contributed by atoms with E-state index in [1.54, 1.807) is 6.07 Å². The van der Waals surface area contributed by atoms with E-state index in [-0.39, 0.29) is 6.04 Å². The fraction of sp³-hybridized carbons (Fsp3) is 0.0952. The standard InChI is InChI=1S/C21H16Cl3N/c1-14(17-11-12-19(22)21(24)20(17)23)25-13-16-9-5-6-10-18(16)15-7-3-2-4-8-15/h2-14H,1H3. The number of nitrogens with zero attached hydrogens (tertiary/aromatic N) is 1. The van der Waals surface area contributed by atoms with Crippen LogP contribution in [0.1, 0.15) is 24.1 Å². The lowest BCUT2D eigenvalue weighted by Gasteiger charge is -2.12. The average Bonchev–Trinajstić information content (AvgIpc) is 2.65. The Morgan fingerprint density at radius 2 is 1.48 bits per heavy atom. The average molecular weight is 389 g/mol. The highest BCUT2D eigenvalue weighted by molar-refractivity contribution is 6.48. The molecule has 25 heavy (non-hydrogen) atoms. The minimum absolute atomic E-state index is 0.133. The molecule has 0 fully saturated rings. The quantitative estimate of drug-likeness (QED) is 0.324. The minimum atomic E-state index is -0.133. The number of hydrogen-bond donors (Lipinski definition) is 0. The molecule has 0 saturated heterocycles. The molecular weight excluding hydrogens is 373 g/mol. The summed E-state index contributed by atoms with van der Waals surface area (Å²) in [5, 5.41) is 1.27. The van der Waals surface area contributed by atoms with E-state index < -0.39 is 0 Å². The van der Waals surface area contributed by atoms with Gasteiger partial charge < -0.3 is 0 Å². The molecule has 3 aromatic carbocycles. The third-order valence-electron chi connectivity index (χ3n) is 4.00. The highest BCUT2D eigenvalue weighted by Gasteiger charge is 2.13. The molecule has 1 nitrogen and oxygen atoms in total. The van der Waals surface area contributed by atoms with Crippen molar-refractivity contribution in [2.45, 2.75) is 13.0 Å². The largest absolute Gasteiger partial charge is 0.285 e. The molecular formula is C21H16Cl3N. The summed E-state index contributed by atoms with van der Waals surface area (Å²) >= 11 is 18.4. The maximum atomic E-state index is 6.31. The van der Waals surface area contributed by atoms with Gasteiger partial charge in [-0.25, -0.2) is 0 Å². The van der Waals surface area contributed by atoms with Gasteiger partial charge in [0.2, 0.25) is 0 Å². The van der Waals surface area contributed by atoms with Crippen LogP contribution in [-0.4, -0.2) is 6.21 Å². The van der Waals surface area contributed by atoms with Crippen LogP contribution in [0.25, 0.3) is 11.1 Å². The monoisotopic (exact) mass is 387 g/mol. The first-order chi connectivity index (χ1) is 12.1. The Morgan fingerprint density at radius 3 is 2.24 bits per heavy atom. The molecule has 0 aliphatic heterocycles. The summed E-state index contributed by atoms with van der Waals surface area (Å²) in [6, 6.07) is 21.9. The van der Waals surface area contributed by atoms with E-state index in [1.165, 1.54) is 0 Å². The summed E-state index contributed by atoms with van der Waals surface area (Å²) in [7, 11) is 0. The Kier molecular flexibility index (Phi) is 5.80. The van der Waals surface area contributed by atoms with E-state index in [4.69, 9.17) is 34.8 Å². The van der Waals surface area contributed by atoms with Gasteiger partial charge in [-0.3, -0.25) is 4.99 Å². The second kappa shape index (κ2) is 8.05. The van der Waals surface area contributed by atoms with Gasteiger partial charge in [0.25, 0.3) is 0 Å². The summed E-state index contributed by atoms with van der Waals surface area (Å²) in [6.45, 7) is 1.98. The van der Waals surface area contributed by atoms with Crippen LogP contribution in [0, 0.1) is 0 Å². The molecule has 3 aromatic rings. The SMILES string of the molecule is CC(N=Cc1ccccc1-c1ccccc1)c1ccc(Cl)c(Cl)c1Cl. The van der Waals surface area contributed by atoms with Gasteiger partial charge in [-0.05, 0) is 29.7 Å². The molecule has 1 unspecified atom stereocenters. The van der Waals surface area contributed by atoms with Gasteiger partial charge in [-0.2, -0.15) is 0 Å². The van der Waals surface area contributed by atoms with Gasteiger partial charge in [-0.15, -0.1) is 0 Å². The minimum Gasteiger partial charge on any atom is -0.285 e. The van der Waals surface area contributed by atoms with Crippen molar-refractivity contribution in [2.75, 3.05) is 0 Å². The van der Waals surface area contributed by atoms with Crippen LogP contribution in [0.5, 0.6) is 0 Å². The molecule has 0 bridgehead atoms. The zero-order valence-electron chi connectivity index (χ0n) is 13.6. The smallest absolute Gasteiger partial charge is 0.0782 e. The fourth-order valence-corrected chi connectivity index (χ4v) is 3.33. The van der Waals surface area contributed by atoms with Crippen LogP contribution < -0.4 is 0 Å². The van der Waals surface area contributed by atoms with Crippen LogP contribution in [0.4, 0.5) is 0 Å². The van der Waals surface area contributed by atoms with Gasteiger partial charge >= 0.3 is 0 Å². The predicted octanol–water partition coefficient (Wildman–Crippen LogP) is 7.49. The van der Waals surface area contributed by atoms with Crippen LogP contribution in [0.3, 0.4) is 0 Å². The van der Waals surface area contributed by atoms with Crippen LogP contribution >= 0.6 is 34.8 Å². The van der Waals surface area contributed by atoms with E-state index in [9.17, 15) is 0 Å². The predicted molar refractivity (Wildman–Crippen MR) is 109 cm³/mol. The van der Waals surface area contributed by atoms with Crippen LogP contribution in [-0.2, 0) is 0 Å². The van der Waals surface area contributed by atoms with Crippen molar-refractivity contribution in [3.8, 4) is 11.1 Å². The lowest BCUT2D eigenvalue weighted by Crippen LogP contribution is -1.95. The number of hydrogen-bond acceptors (Lipinski definition) is 1. The number of aliphatic imine (C=N–C) groups is 1. The molecule has 0 aliphatic rings. The van der Waals surface area contributed by atoms with Crippen molar-refractivity contribution in [1.29, 1.82) is 0 Å². The number of rotatable bonds is 4. The molecule has 0 spiro atoms. The summed E-state index contributed by atoms with van der Waals surface area (Å²) in [6.07, 6.45) is 1.88. The summed E-state index contributed by atoms with van der Waals surface area (Å²) in [5.74, 6) is 0. The number of benzene rings is 3. The summed E-state index contributed by atoms with van der Waals surface area (Å²) in [4.78, 5) is 4.67. The first-order valence-electron chi connectivity index (χ1n) is 7.89. The maximum Gasteiger partial charge on any atom is 0.0782 e. The van der Waals surface area contributed by atoms with Gasteiger partial charge in [-0.1, -0.05) is 95.5 Å². The molecule has 0 N–H and O–H groups in total. The molecule has 3 rings (SSSR count). The molecule has 0 aromatic heterocycles. The van der Waals surface area contributed by atoms with Crippen molar-refractivity contribution < 1.29 is 0 Å². The zero-order chi connectivity index (χ0) is 17.8. The number of halogens is 3. The molecule has 126 valence electrons. The highest BCUT2D eigenvalue weighted by atomic mass is 35.5. The second-order valence-electron chi connectivity index (χ2n) is 5.67. The van der Waals surface area contributed by atoms with E-state index in [0.717, 1.165) is 22.3 Å². The van der Waals surface area contributed by atoms with Gasteiger partial charge in [0.1, 0.15) is 0 Å². The lowest BCUT2D eigenvalue weighted by atomic mass is 10.0. The molecule has 0 heterocycles. The third-order valence-corrected chi connectivity index (χ3v) is 5.31. The second-order valence-corrected chi connectivity index (χ2v) is 6.84. The Balaban J connectivity index is 1.92. The Bertz CT molecular complexity index is 904. The Labute approximate surface area is 162 Å². The van der Waals surface area contributed by atoms with Gasteiger partial charge in [0.15, 0.2) is 0 Å². The summed E-state index contributed by atoms with van der Waals surface area (Å²) < 4.78 is 0. The van der Waals surface area contributed by atoms with Crippen molar-refractivity contribution in [2.24, 2.45) is 4.99 Å². The fourth-order valence-electron chi connectivity index (χ4n) is 2.63. The Morgan fingerprint density at radius 1 is 0.800 bits per heavy atom. The van der Waals surface area contributed by atoms with E-state index in [2.05, 4.69) is 29.3 Å². The molecule has 0 saturated carbocycles. The van der Waals surface area contributed by atoms with Crippen molar-refractivity contribution in [3.63, 3.8) is 0 Å². The molecule has 0 aliphatic carbocycles. The van der Waals surface area contributed by atoms with E-state index in [1.807, 2.05) is 49.5 Å². The zero-order valence-corrected chi connectivity index (χ0v) is 15.9. The van der Waals surface area contributed by atoms with Crippen LogP contribution in [0.15, 0.2) is 71.7 Å². The van der Waals surface area contributed by atoms with Crippen LogP contribution in [0.2, 0.25) is 15.1 Å². The highest BCUT2D eigenvalue weighted by Crippen LogP contribution is 2.36. The van der Waals surface area contributed by atoms with E-state index >= 15 is 0 Å². The van der Waals surface area contributed by atoms with Crippen molar-refractivity contribution in [1.82, 2.24) is 0 Å². The van der Waals surface area contributed by atoms with E-state index in [0.29, 0.717) is 15.1 Å². The summed E-state index contributed by atoms with van der Waals surface area (Å²) in [5.41, 5.74) is 4.20. The molecule has 0 radical (unpaired) electrons. The molecule has 4 heteroatoms. The third kappa shape index (κ3) is 4.07. The first kappa shape index (κ1) is 18.0. The molecule has 0 amide bonds. The lowest BCUT2D eigenvalue weighted by molar-refractivity contribution is 0.825. The van der Waals surface area contributed by atoms with Gasteiger partial charge in [0.05, 0.1) is 21.1 Å². The van der Waals surface area contributed by atoms with Crippen molar-refractivity contribution in [3.05, 3.63) is 92.9 Å². The topological polar surface area (TPSA) is 12.4 Å². The Hall–Kier alpha value is -1.80. The van der Waals surface area contributed by atoms with Crippen molar-refractivity contribution >= 4 is 41.0 Å². The van der Waals surface area contributed by atoms with Gasteiger partial charge in [0, 0.05) is 11.8 Å². The normalized spacial score (nSPS) is 12.5.